The highest BCUT2D eigenvalue weighted by Gasteiger charge is 2.36. The first-order valence-electron chi connectivity index (χ1n) is 15.0. The second kappa shape index (κ2) is 15.0. The van der Waals surface area contributed by atoms with Crippen LogP contribution < -0.4 is 10.6 Å². The minimum Gasteiger partial charge on any atom is -0.390 e. The molecule has 7 nitrogen and oxygen atoms in total. The number of carbonyl (C=O) groups is 1. The summed E-state index contributed by atoms with van der Waals surface area (Å²) < 4.78 is 51.5. The van der Waals surface area contributed by atoms with Gasteiger partial charge in [0.1, 0.15) is 17.8 Å². The fraction of sp³-hybridized carbons (Fsp3) is 0.594. The van der Waals surface area contributed by atoms with Crippen LogP contribution in [0.15, 0.2) is 42.5 Å². The molecule has 2 aromatic carbocycles. The van der Waals surface area contributed by atoms with E-state index in [1.54, 1.807) is 13.8 Å². The van der Waals surface area contributed by atoms with Crippen LogP contribution in [0.4, 0.5) is 8.78 Å². The molecule has 0 aliphatic heterocycles. The third kappa shape index (κ3) is 9.68. The van der Waals surface area contributed by atoms with E-state index in [1.807, 2.05) is 0 Å². The van der Waals surface area contributed by atoms with Crippen LogP contribution >= 0.6 is 7.60 Å². The SMILES string of the molecule is CCOP(=O)(CC(=O)NC(Cc1cc(F)cc(F)c1)C(O)CNC1(c2cccc(C(C)(C)C)c2)CCCCC1)OCC. The smallest absolute Gasteiger partial charge is 0.340 e. The van der Waals surface area contributed by atoms with Gasteiger partial charge in [-0.3, -0.25) is 9.36 Å². The molecule has 0 aromatic heterocycles. The number of nitrogens with one attached hydrogen (secondary N) is 2. The predicted octanol–water partition coefficient (Wildman–Crippen LogP) is 6.37. The molecule has 10 heteroatoms. The van der Waals surface area contributed by atoms with Crippen LogP contribution in [0.25, 0.3) is 0 Å². The Morgan fingerprint density at radius 3 is 2.21 bits per heavy atom. The van der Waals surface area contributed by atoms with Gasteiger partial charge in [-0.2, -0.15) is 0 Å². The minimum atomic E-state index is -3.70. The highest BCUT2D eigenvalue weighted by atomic mass is 31.2. The molecule has 42 heavy (non-hydrogen) atoms. The lowest BCUT2D eigenvalue weighted by molar-refractivity contribution is -0.120. The van der Waals surface area contributed by atoms with Gasteiger partial charge < -0.3 is 24.8 Å². The molecule has 234 valence electrons. The molecule has 3 N–H and O–H groups in total. The van der Waals surface area contributed by atoms with Gasteiger partial charge in [-0.25, -0.2) is 8.78 Å². The summed E-state index contributed by atoms with van der Waals surface area (Å²) in [5.41, 5.74) is 2.27. The largest absolute Gasteiger partial charge is 0.390 e. The quantitative estimate of drug-likeness (QED) is 0.216. The summed E-state index contributed by atoms with van der Waals surface area (Å²) in [6.45, 7) is 10.2. The molecular weight excluding hydrogens is 561 g/mol. The van der Waals surface area contributed by atoms with Gasteiger partial charge in [0.05, 0.1) is 25.4 Å². The Balaban J connectivity index is 1.85. The van der Waals surface area contributed by atoms with Gasteiger partial charge in [0.15, 0.2) is 0 Å². The first-order chi connectivity index (χ1) is 19.8. The van der Waals surface area contributed by atoms with E-state index in [0.29, 0.717) is 0 Å². The van der Waals surface area contributed by atoms with Crippen LogP contribution in [0, 0.1) is 11.6 Å². The molecule has 1 saturated carbocycles. The Kier molecular flexibility index (Phi) is 12.3. The maximum Gasteiger partial charge on any atom is 0.340 e. The fourth-order valence-corrected chi connectivity index (χ4v) is 7.15. The average molecular weight is 609 g/mol. The fourth-order valence-electron chi connectivity index (χ4n) is 5.66. The van der Waals surface area contributed by atoms with E-state index in [4.69, 9.17) is 9.05 Å². The van der Waals surface area contributed by atoms with Crippen LogP contribution in [0.2, 0.25) is 0 Å². The molecule has 0 heterocycles. The second-order valence-electron chi connectivity index (χ2n) is 12.2. The molecule has 0 saturated heterocycles. The number of aliphatic hydroxyl groups is 1. The number of rotatable bonds is 14. The van der Waals surface area contributed by atoms with Crippen molar-refractivity contribution in [1.82, 2.24) is 10.6 Å². The molecule has 2 atom stereocenters. The zero-order valence-electron chi connectivity index (χ0n) is 25.6. The Bertz CT molecular complexity index is 1200. The van der Waals surface area contributed by atoms with E-state index in [0.717, 1.165) is 43.7 Å². The molecule has 1 aliphatic carbocycles. The van der Waals surface area contributed by atoms with Gasteiger partial charge in [-0.05, 0) is 67.3 Å². The van der Waals surface area contributed by atoms with Gasteiger partial charge in [-0.1, -0.05) is 64.3 Å². The molecule has 0 radical (unpaired) electrons. The van der Waals surface area contributed by atoms with Crippen molar-refractivity contribution in [3.8, 4) is 0 Å². The van der Waals surface area contributed by atoms with E-state index >= 15 is 0 Å². The van der Waals surface area contributed by atoms with E-state index in [1.165, 1.54) is 17.7 Å². The van der Waals surface area contributed by atoms with Gasteiger partial charge in [0.2, 0.25) is 5.91 Å². The molecule has 0 spiro atoms. The number of halogens is 2. The highest BCUT2D eigenvalue weighted by Crippen LogP contribution is 2.47. The highest BCUT2D eigenvalue weighted by molar-refractivity contribution is 7.54. The van der Waals surface area contributed by atoms with Crippen molar-refractivity contribution in [2.75, 3.05) is 25.9 Å². The van der Waals surface area contributed by atoms with E-state index < -0.39 is 43.4 Å². The van der Waals surface area contributed by atoms with E-state index in [-0.39, 0.29) is 42.7 Å². The Morgan fingerprint density at radius 2 is 1.64 bits per heavy atom. The summed E-state index contributed by atoms with van der Waals surface area (Å²) in [5.74, 6) is -2.15. The molecule has 0 bridgehead atoms. The van der Waals surface area contributed by atoms with Crippen LogP contribution in [-0.4, -0.2) is 49.1 Å². The van der Waals surface area contributed by atoms with Crippen molar-refractivity contribution in [3.05, 3.63) is 70.8 Å². The Hall–Kier alpha value is -2.16. The maximum atomic E-state index is 14.0. The standard InChI is InChI=1S/C32H47F2N2O5P/c1-6-40-42(39,41-7-2)22-30(38)36-28(18-23-16-26(33)20-27(34)17-23)29(37)21-35-32(14-9-8-10-15-32)25-13-11-12-24(19-25)31(3,4)5/h11-13,16-17,19-20,28-29,35,37H,6-10,14-15,18,21-22H2,1-5H3,(H,36,38). The number of amides is 1. The summed E-state index contributed by atoms with van der Waals surface area (Å²) in [5, 5.41) is 17.8. The average Bonchev–Trinajstić information content (AvgIpc) is 2.91. The summed E-state index contributed by atoms with van der Waals surface area (Å²) in [7, 11) is -3.70. The molecule has 2 unspecified atom stereocenters. The zero-order chi connectivity index (χ0) is 31.0. The third-order valence-electron chi connectivity index (χ3n) is 7.82. The number of carbonyl (C=O) groups excluding carboxylic acids is 1. The predicted molar refractivity (Wildman–Crippen MR) is 162 cm³/mol. The number of hydrogen-bond donors (Lipinski definition) is 3. The molecule has 1 aliphatic rings. The molecule has 1 fully saturated rings. The summed E-state index contributed by atoms with van der Waals surface area (Å²) in [6, 6.07) is 10.7. The van der Waals surface area contributed by atoms with Gasteiger partial charge in [-0.15, -0.1) is 0 Å². The Morgan fingerprint density at radius 1 is 1.02 bits per heavy atom. The number of benzene rings is 2. The van der Waals surface area contributed by atoms with Crippen molar-refractivity contribution in [2.24, 2.45) is 0 Å². The van der Waals surface area contributed by atoms with Crippen LogP contribution in [0.3, 0.4) is 0 Å². The lowest BCUT2D eigenvalue weighted by Crippen LogP contribution is -2.53. The molecule has 2 aromatic rings. The minimum absolute atomic E-state index is 0.0244. The van der Waals surface area contributed by atoms with Crippen molar-refractivity contribution in [1.29, 1.82) is 0 Å². The van der Waals surface area contributed by atoms with E-state index in [2.05, 4.69) is 55.7 Å². The van der Waals surface area contributed by atoms with Crippen LogP contribution in [0.5, 0.6) is 0 Å². The third-order valence-corrected chi connectivity index (χ3v) is 9.79. The van der Waals surface area contributed by atoms with Crippen molar-refractivity contribution in [2.45, 2.75) is 96.2 Å². The topological polar surface area (TPSA) is 96.9 Å². The normalized spacial score (nSPS) is 17.0. The molecule has 3 rings (SSSR count). The van der Waals surface area contributed by atoms with Crippen LogP contribution in [-0.2, 0) is 35.8 Å². The maximum absolute atomic E-state index is 14.0. The van der Waals surface area contributed by atoms with Crippen molar-refractivity contribution >= 4 is 13.5 Å². The number of aliphatic hydroxyl groups excluding tert-OH is 1. The summed E-state index contributed by atoms with van der Waals surface area (Å²) >= 11 is 0. The first kappa shape index (κ1) is 34.3. The lowest BCUT2D eigenvalue weighted by atomic mass is 9.74. The second-order valence-corrected chi connectivity index (χ2v) is 14.2. The molecule has 1 amide bonds. The van der Waals surface area contributed by atoms with Gasteiger partial charge in [0, 0.05) is 18.2 Å². The summed E-state index contributed by atoms with van der Waals surface area (Å²) in [4.78, 5) is 13.0. The van der Waals surface area contributed by atoms with Gasteiger partial charge in [0.25, 0.3) is 0 Å². The Labute approximate surface area is 249 Å². The molecular formula is C32H47F2N2O5P. The zero-order valence-corrected chi connectivity index (χ0v) is 26.4. The van der Waals surface area contributed by atoms with Crippen molar-refractivity contribution in [3.63, 3.8) is 0 Å². The summed E-state index contributed by atoms with van der Waals surface area (Å²) in [6.07, 6.45) is 3.30. The lowest BCUT2D eigenvalue weighted by Gasteiger charge is -2.41. The number of hydrogen-bond acceptors (Lipinski definition) is 6. The van der Waals surface area contributed by atoms with Gasteiger partial charge >= 0.3 is 7.60 Å². The first-order valence-corrected chi connectivity index (χ1v) is 16.7. The van der Waals surface area contributed by atoms with Crippen LogP contribution in [0.1, 0.15) is 83.4 Å². The van der Waals surface area contributed by atoms with E-state index in [9.17, 15) is 23.2 Å². The van der Waals surface area contributed by atoms with Crippen molar-refractivity contribution < 1.29 is 32.3 Å². The monoisotopic (exact) mass is 608 g/mol.